The van der Waals surface area contributed by atoms with Crippen LogP contribution >= 0.6 is 0 Å². The number of rotatable bonds is 6. The molecule has 0 saturated heterocycles. The van der Waals surface area contributed by atoms with Gasteiger partial charge in [-0.1, -0.05) is 43.7 Å². The molecule has 0 unspecified atom stereocenters. The van der Waals surface area contributed by atoms with Gasteiger partial charge in [-0.3, -0.25) is 4.79 Å². The second-order valence-electron chi connectivity index (χ2n) is 4.93. The van der Waals surface area contributed by atoms with E-state index < -0.39 is 0 Å². The van der Waals surface area contributed by atoms with Gasteiger partial charge in [-0.2, -0.15) is 0 Å². The first-order valence-corrected chi connectivity index (χ1v) is 7.32. The van der Waals surface area contributed by atoms with Crippen LogP contribution in [0.3, 0.4) is 0 Å². The summed E-state index contributed by atoms with van der Waals surface area (Å²) in [6.45, 7) is 4.49. The predicted octanol–water partition coefficient (Wildman–Crippen LogP) is 3.85. The van der Waals surface area contributed by atoms with Crippen molar-refractivity contribution in [3.63, 3.8) is 0 Å². The van der Waals surface area contributed by atoms with E-state index in [1.165, 1.54) is 5.56 Å². The molecule has 0 fully saturated rings. The quantitative estimate of drug-likeness (QED) is 0.647. The van der Waals surface area contributed by atoms with Crippen molar-refractivity contribution >= 4 is 11.5 Å². The van der Waals surface area contributed by atoms with Crippen molar-refractivity contribution in [3.05, 3.63) is 59.2 Å². The molecule has 0 heterocycles. The van der Waals surface area contributed by atoms with E-state index in [0.29, 0.717) is 29.2 Å². The molecule has 3 nitrogen and oxygen atoms in total. The number of hydrogen-bond acceptors (Lipinski definition) is 3. The number of hydrogen-bond donors (Lipinski definition) is 1. The Kier molecular flexibility index (Phi) is 4.99. The highest BCUT2D eigenvalue weighted by atomic mass is 16.5. The Labute approximate surface area is 125 Å². The summed E-state index contributed by atoms with van der Waals surface area (Å²) >= 11 is 0. The number of nitrogens with two attached hydrogens (primary N) is 1. The van der Waals surface area contributed by atoms with Crippen molar-refractivity contribution < 1.29 is 9.53 Å². The molecule has 110 valence electrons. The Balaban J connectivity index is 2.33. The lowest BCUT2D eigenvalue weighted by Crippen LogP contribution is -2.07. The lowest BCUT2D eigenvalue weighted by Gasteiger charge is -2.12. The van der Waals surface area contributed by atoms with Crippen molar-refractivity contribution in [1.82, 2.24) is 0 Å². The van der Waals surface area contributed by atoms with Gasteiger partial charge in [0, 0.05) is 5.56 Å². The number of ether oxygens (including phenoxy) is 1. The minimum atomic E-state index is -0.0613. The van der Waals surface area contributed by atoms with Crippen LogP contribution in [0.4, 0.5) is 5.69 Å². The maximum Gasteiger partial charge on any atom is 0.196 e. The normalized spacial score (nSPS) is 10.4. The summed E-state index contributed by atoms with van der Waals surface area (Å²) in [5.41, 5.74) is 8.81. The Morgan fingerprint density at radius 3 is 2.43 bits per heavy atom. The van der Waals surface area contributed by atoms with Gasteiger partial charge in [-0.25, -0.2) is 0 Å². The molecule has 0 radical (unpaired) electrons. The summed E-state index contributed by atoms with van der Waals surface area (Å²) in [5.74, 6) is 0.413. The van der Waals surface area contributed by atoms with Crippen LogP contribution in [0.5, 0.6) is 5.75 Å². The zero-order valence-electron chi connectivity index (χ0n) is 12.6. The van der Waals surface area contributed by atoms with E-state index >= 15 is 0 Å². The summed E-state index contributed by atoms with van der Waals surface area (Å²) in [5, 5.41) is 0. The number of para-hydroxylation sites is 1. The minimum Gasteiger partial charge on any atom is -0.491 e. The highest BCUT2D eigenvalue weighted by Gasteiger charge is 2.16. The maximum absolute atomic E-state index is 12.6. The first kappa shape index (κ1) is 15.1. The molecule has 21 heavy (non-hydrogen) atoms. The molecule has 0 aliphatic rings. The molecule has 2 rings (SSSR count). The number of carbonyl (C=O) groups is 1. The number of carbonyl (C=O) groups excluding carboxylic acids is 1. The topological polar surface area (TPSA) is 52.3 Å². The van der Waals surface area contributed by atoms with Gasteiger partial charge in [0.05, 0.1) is 17.9 Å². The van der Waals surface area contributed by atoms with Gasteiger partial charge >= 0.3 is 0 Å². The molecular formula is C18H21NO2. The van der Waals surface area contributed by atoms with Gasteiger partial charge in [0.2, 0.25) is 0 Å². The van der Waals surface area contributed by atoms with Crippen molar-refractivity contribution in [2.45, 2.75) is 26.7 Å². The molecule has 0 bridgehead atoms. The first-order chi connectivity index (χ1) is 10.2. The monoisotopic (exact) mass is 283 g/mol. The van der Waals surface area contributed by atoms with Gasteiger partial charge in [-0.15, -0.1) is 0 Å². The first-order valence-electron chi connectivity index (χ1n) is 7.32. The third kappa shape index (κ3) is 3.43. The number of anilines is 1. The van der Waals surface area contributed by atoms with E-state index in [1.807, 2.05) is 31.2 Å². The van der Waals surface area contributed by atoms with Crippen LogP contribution in [0.15, 0.2) is 42.5 Å². The van der Waals surface area contributed by atoms with E-state index in [2.05, 4.69) is 6.92 Å². The smallest absolute Gasteiger partial charge is 0.196 e. The number of aryl methyl sites for hydroxylation is 1. The zero-order valence-corrected chi connectivity index (χ0v) is 12.6. The van der Waals surface area contributed by atoms with Crippen molar-refractivity contribution in [3.8, 4) is 5.75 Å². The van der Waals surface area contributed by atoms with Gasteiger partial charge in [0.15, 0.2) is 11.5 Å². The van der Waals surface area contributed by atoms with Crippen LogP contribution in [-0.4, -0.2) is 12.4 Å². The van der Waals surface area contributed by atoms with E-state index in [-0.39, 0.29) is 5.78 Å². The molecule has 2 aromatic carbocycles. The van der Waals surface area contributed by atoms with Crippen LogP contribution in [0.25, 0.3) is 0 Å². The van der Waals surface area contributed by atoms with Crippen molar-refractivity contribution in [2.24, 2.45) is 0 Å². The number of ketones is 1. The van der Waals surface area contributed by atoms with Crippen LogP contribution in [-0.2, 0) is 6.42 Å². The summed E-state index contributed by atoms with van der Waals surface area (Å²) in [6, 6.07) is 13.0. The average molecular weight is 283 g/mol. The number of benzene rings is 2. The third-order valence-electron chi connectivity index (χ3n) is 3.33. The van der Waals surface area contributed by atoms with Crippen LogP contribution in [0.1, 0.15) is 41.8 Å². The lowest BCUT2D eigenvalue weighted by molar-refractivity contribution is 0.103. The molecule has 2 N–H and O–H groups in total. The molecule has 0 aliphatic heterocycles. The van der Waals surface area contributed by atoms with Gasteiger partial charge in [0.1, 0.15) is 0 Å². The van der Waals surface area contributed by atoms with E-state index in [9.17, 15) is 4.79 Å². The summed E-state index contributed by atoms with van der Waals surface area (Å²) < 4.78 is 5.53. The highest BCUT2D eigenvalue weighted by Crippen LogP contribution is 2.28. The van der Waals surface area contributed by atoms with E-state index in [1.54, 1.807) is 18.2 Å². The molecule has 0 spiro atoms. The molecule has 0 aliphatic carbocycles. The van der Waals surface area contributed by atoms with E-state index in [0.717, 1.165) is 12.8 Å². The maximum atomic E-state index is 12.6. The van der Waals surface area contributed by atoms with Gasteiger partial charge in [0.25, 0.3) is 0 Å². The standard InChI is InChI=1S/C18H21NO2/c1-3-6-13-9-11-14(12-10-13)17(20)15-7-5-8-16(19)18(15)21-4-2/h5,7-12H,3-4,6,19H2,1-2H3. The lowest BCUT2D eigenvalue weighted by atomic mass is 9.99. The highest BCUT2D eigenvalue weighted by molar-refractivity contribution is 6.11. The minimum absolute atomic E-state index is 0.0613. The Bertz CT molecular complexity index is 618. The molecule has 3 heteroatoms. The molecule has 0 amide bonds. The van der Waals surface area contributed by atoms with Crippen molar-refractivity contribution in [1.29, 1.82) is 0 Å². The predicted molar refractivity (Wildman–Crippen MR) is 85.9 cm³/mol. The SMILES string of the molecule is CCCc1ccc(C(=O)c2cccc(N)c2OCC)cc1. The molecule has 0 saturated carbocycles. The van der Waals surface area contributed by atoms with Gasteiger partial charge < -0.3 is 10.5 Å². The van der Waals surface area contributed by atoms with Crippen LogP contribution in [0, 0.1) is 0 Å². The zero-order chi connectivity index (χ0) is 15.2. The van der Waals surface area contributed by atoms with Gasteiger partial charge in [-0.05, 0) is 31.0 Å². The Hall–Kier alpha value is -2.29. The Morgan fingerprint density at radius 1 is 1.10 bits per heavy atom. The second kappa shape index (κ2) is 6.93. The van der Waals surface area contributed by atoms with E-state index in [4.69, 9.17) is 10.5 Å². The largest absolute Gasteiger partial charge is 0.491 e. The number of nitrogen functional groups attached to an aromatic ring is 1. The average Bonchev–Trinajstić information content (AvgIpc) is 2.50. The molecule has 2 aromatic rings. The summed E-state index contributed by atoms with van der Waals surface area (Å²) in [7, 11) is 0. The fourth-order valence-corrected chi connectivity index (χ4v) is 2.31. The molecule has 0 aromatic heterocycles. The Morgan fingerprint density at radius 2 is 1.81 bits per heavy atom. The summed E-state index contributed by atoms with van der Waals surface area (Å²) in [6.07, 6.45) is 2.12. The summed E-state index contributed by atoms with van der Waals surface area (Å²) in [4.78, 5) is 12.6. The fourth-order valence-electron chi connectivity index (χ4n) is 2.31. The fraction of sp³-hybridized carbons (Fsp3) is 0.278. The molecular weight excluding hydrogens is 262 g/mol. The molecule has 0 atom stereocenters. The van der Waals surface area contributed by atoms with Crippen molar-refractivity contribution in [2.75, 3.05) is 12.3 Å². The van der Waals surface area contributed by atoms with Crippen LogP contribution < -0.4 is 10.5 Å². The van der Waals surface area contributed by atoms with Crippen LogP contribution in [0.2, 0.25) is 0 Å². The third-order valence-corrected chi connectivity index (χ3v) is 3.33. The second-order valence-corrected chi connectivity index (χ2v) is 4.93.